The Balaban J connectivity index is 2.77. The van der Waals surface area contributed by atoms with E-state index in [9.17, 15) is 0 Å². The quantitative estimate of drug-likeness (QED) is 0.172. The Morgan fingerprint density at radius 3 is 1.91 bits per heavy atom. The Morgan fingerprint density at radius 2 is 1.38 bits per heavy atom. The minimum Gasteiger partial charge on any atom is -0.413 e. The van der Waals surface area contributed by atoms with Gasteiger partial charge in [-0.2, -0.15) is 0 Å². The number of halogens is 1. The van der Waals surface area contributed by atoms with Crippen LogP contribution < -0.4 is 0 Å². The number of benzene rings is 1. The molecule has 0 fully saturated rings. The molecule has 0 radical (unpaired) electrons. The van der Waals surface area contributed by atoms with Crippen LogP contribution in [0.1, 0.15) is 53.5 Å². The summed E-state index contributed by atoms with van der Waals surface area (Å²) in [4.78, 5) is 0. The Hall–Kier alpha value is -0.796. The molecule has 1 atom stereocenters. The molecule has 0 amide bonds. The summed E-state index contributed by atoms with van der Waals surface area (Å²) in [5.74, 6) is 0. The number of alkyl halides is 1. The molecule has 0 saturated heterocycles. The smallest absolute Gasteiger partial charge is 0.192 e. The molecule has 0 spiro atoms. The Kier molecular flexibility index (Phi) is 10.6. The van der Waals surface area contributed by atoms with E-state index in [1.54, 1.807) is 6.08 Å². The van der Waals surface area contributed by atoms with Crippen LogP contribution in [0.2, 0.25) is 36.3 Å². The van der Waals surface area contributed by atoms with Gasteiger partial charge in [0.25, 0.3) is 0 Å². The maximum atomic E-state index is 16.0. The summed E-state index contributed by atoms with van der Waals surface area (Å²) in [6.07, 6.45) is 3.72. The molecule has 0 unspecified atom stereocenters. The van der Waals surface area contributed by atoms with E-state index in [0.717, 1.165) is 5.56 Å². The molecule has 6 heteroatoms. The summed E-state index contributed by atoms with van der Waals surface area (Å²) >= 11 is 0. The van der Waals surface area contributed by atoms with Crippen molar-refractivity contribution in [2.75, 3.05) is 19.8 Å². The first-order chi connectivity index (χ1) is 14.5. The summed E-state index contributed by atoms with van der Waals surface area (Å²) in [5, 5.41) is 0.164. The van der Waals surface area contributed by atoms with Gasteiger partial charge in [0.15, 0.2) is 22.3 Å². The average molecular weight is 483 g/mol. The van der Waals surface area contributed by atoms with Gasteiger partial charge < -0.3 is 13.6 Å². The monoisotopic (exact) mass is 482 g/mol. The lowest BCUT2D eigenvalue weighted by molar-refractivity contribution is 0.0523. The third-order valence-corrected chi connectivity index (χ3v) is 16.0. The highest BCUT2D eigenvalue weighted by Crippen LogP contribution is 2.38. The van der Waals surface area contributed by atoms with Crippen LogP contribution >= 0.6 is 0 Å². The topological polar surface area (TPSA) is 27.7 Å². The second-order valence-corrected chi connectivity index (χ2v) is 21.5. The summed E-state index contributed by atoms with van der Waals surface area (Å²) in [7, 11) is -3.92. The predicted octanol–water partition coefficient (Wildman–Crippen LogP) is 7.90. The summed E-state index contributed by atoms with van der Waals surface area (Å²) in [6.45, 7) is 23.2. The molecule has 32 heavy (non-hydrogen) atoms. The van der Waals surface area contributed by atoms with E-state index in [4.69, 9.17) is 13.6 Å². The molecule has 0 aliphatic rings. The van der Waals surface area contributed by atoms with E-state index >= 15 is 4.39 Å². The van der Waals surface area contributed by atoms with Gasteiger partial charge >= 0.3 is 0 Å². The largest absolute Gasteiger partial charge is 0.413 e. The van der Waals surface area contributed by atoms with Crippen molar-refractivity contribution >= 4 is 16.6 Å². The first-order valence-electron chi connectivity index (χ1n) is 11.8. The lowest BCUT2D eigenvalue weighted by Crippen LogP contribution is -2.44. The van der Waals surface area contributed by atoms with E-state index in [2.05, 4.69) is 67.7 Å². The van der Waals surface area contributed by atoms with Gasteiger partial charge in [0.2, 0.25) is 0 Å². The van der Waals surface area contributed by atoms with Crippen molar-refractivity contribution in [3.8, 4) is 0 Å². The molecular formula is C26H47FO3Si2. The number of ether oxygens (including phenoxy) is 1. The van der Waals surface area contributed by atoms with E-state index in [1.165, 1.54) is 0 Å². The molecule has 0 bridgehead atoms. The van der Waals surface area contributed by atoms with Crippen molar-refractivity contribution in [1.29, 1.82) is 0 Å². The van der Waals surface area contributed by atoms with Crippen LogP contribution in [-0.2, 0) is 20.2 Å². The first kappa shape index (κ1) is 29.2. The van der Waals surface area contributed by atoms with E-state index in [-0.39, 0.29) is 23.1 Å². The second-order valence-electron chi connectivity index (χ2n) is 11.8. The van der Waals surface area contributed by atoms with Gasteiger partial charge in [-0.25, -0.2) is 4.39 Å². The minimum atomic E-state index is -2.06. The van der Waals surface area contributed by atoms with Crippen molar-refractivity contribution in [3.63, 3.8) is 0 Å². The third-order valence-electron chi connectivity index (χ3n) is 7.02. The average Bonchev–Trinajstić information content (AvgIpc) is 2.66. The molecule has 184 valence electrons. The molecular weight excluding hydrogens is 435 g/mol. The zero-order chi connectivity index (χ0) is 24.7. The number of hydrogen-bond acceptors (Lipinski definition) is 3. The maximum absolute atomic E-state index is 16.0. The lowest BCUT2D eigenvalue weighted by Gasteiger charge is -2.38. The Bertz CT molecular complexity index is 706. The molecule has 0 saturated carbocycles. The SMILES string of the molecule is CC(C)(C)[Si](C)(C)OC/C=C/[C@](F)(CCOCc1ccccc1)CO[Si](C)(C)C(C)(C)C. The normalized spacial score (nSPS) is 15.8. The third kappa shape index (κ3) is 9.60. The summed E-state index contributed by atoms with van der Waals surface area (Å²) in [6, 6.07) is 9.97. The number of hydrogen-bond donors (Lipinski definition) is 0. The Labute approximate surface area is 199 Å². The molecule has 0 aliphatic heterocycles. The van der Waals surface area contributed by atoms with Crippen molar-refractivity contribution < 1.29 is 18.0 Å². The number of rotatable bonds is 12. The molecule has 1 aromatic rings. The van der Waals surface area contributed by atoms with Crippen LogP contribution in [0.15, 0.2) is 42.5 Å². The molecule has 1 rings (SSSR count). The van der Waals surface area contributed by atoms with Gasteiger partial charge in [0, 0.05) is 6.42 Å². The predicted molar refractivity (Wildman–Crippen MR) is 140 cm³/mol. The van der Waals surface area contributed by atoms with Gasteiger partial charge in [0.1, 0.15) is 0 Å². The van der Waals surface area contributed by atoms with Crippen LogP contribution in [0.25, 0.3) is 0 Å². The van der Waals surface area contributed by atoms with Crippen LogP contribution in [0, 0.1) is 0 Å². The van der Waals surface area contributed by atoms with Gasteiger partial charge in [-0.1, -0.05) is 78.0 Å². The maximum Gasteiger partial charge on any atom is 0.192 e. The highest BCUT2D eigenvalue weighted by atomic mass is 28.4. The zero-order valence-electron chi connectivity index (χ0n) is 22.2. The molecule has 3 nitrogen and oxygen atoms in total. The zero-order valence-corrected chi connectivity index (χ0v) is 24.2. The van der Waals surface area contributed by atoms with Crippen LogP contribution in [0.5, 0.6) is 0 Å². The lowest BCUT2D eigenvalue weighted by atomic mass is 10.0. The molecule has 1 aromatic carbocycles. The highest BCUT2D eigenvalue weighted by molar-refractivity contribution is 6.74. The Morgan fingerprint density at radius 1 is 0.844 bits per heavy atom. The van der Waals surface area contributed by atoms with Crippen molar-refractivity contribution in [2.45, 2.75) is 96.5 Å². The molecule has 0 aliphatic carbocycles. The van der Waals surface area contributed by atoms with E-state index < -0.39 is 22.3 Å². The van der Waals surface area contributed by atoms with E-state index in [1.807, 2.05) is 36.4 Å². The molecule has 0 N–H and O–H groups in total. The standard InChI is InChI=1S/C26H47FO3Si2/c1-24(2,3)31(7,8)29-19-14-17-26(27,22-30-32(9,10)25(4,5)6)18-20-28-21-23-15-12-11-13-16-23/h11-17H,18-22H2,1-10H3/b17-14+/t26-/m0/s1. The summed E-state index contributed by atoms with van der Waals surface area (Å²) < 4.78 is 34.2. The summed E-state index contributed by atoms with van der Waals surface area (Å²) in [5.41, 5.74) is -0.490. The second kappa shape index (κ2) is 11.6. The van der Waals surface area contributed by atoms with Crippen molar-refractivity contribution in [1.82, 2.24) is 0 Å². The van der Waals surface area contributed by atoms with Gasteiger partial charge in [-0.3, -0.25) is 0 Å². The van der Waals surface area contributed by atoms with E-state index in [0.29, 0.717) is 19.8 Å². The molecule has 0 aromatic heterocycles. The fourth-order valence-electron chi connectivity index (χ4n) is 2.46. The van der Waals surface area contributed by atoms with Gasteiger partial charge in [-0.15, -0.1) is 0 Å². The van der Waals surface area contributed by atoms with Crippen LogP contribution in [0.4, 0.5) is 4.39 Å². The first-order valence-corrected chi connectivity index (χ1v) is 17.6. The fourth-order valence-corrected chi connectivity index (χ4v) is 4.44. The highest BCUT2D eigenvalue weighted by Gasteiger charge is 2.40. The van der Waals surface area contributed by atoms with Gasteiger partial charge in [0.05, 0.1) is 26.4 Å². The van der Waals surface area contributed by atoms with Crippen LogP contribution in [0.3, 0.4) is 0 Å². The van der Waals surface area contributed by atoms with Gasteiger partial charge in [-0.05, 0) is 47.9 Å². The van der Waals surface area contributed by atoms with Crippen molar-refractivity contribution in [2.24, 2.45) is 0 Å². The minimum absolute atomic E-state index is 0.0346. The molecule has 0 heterocycles. The van der Waals surface area contributed by atoms with Crippen LogP contribution in [-0.4, -0.2) is 42.1 Å². The van der Waals surface area contributed by atoms with Crippen molar-refractivity contribution in [3.05, 3.63) is 48.0 Å². The fraction of sp³-hybridized carbons (Fsp3) is 0.692.